The fourth-order valence-electron chi connectivity index (χ4n) is 2.03. The first-order chi connectivity index (χ1) is 11.4. The van der Waals surface area contributed by atoms with Crippen molar-refractivity contribution in [3.05, 3.63) is 45.0 Å². The summed E-state index contributed by atoms with van der Waals surface area (Å²) in [6.07, 6.45) is -0.443. The second-order valence-corrected chi connectivity index (χ2v) is 5.90. The lowest BCUT2D eigenvalue weighted by Gasteiger charge is -2.17. The Labute approximate surface area is 143 Å². The number of hydrogen-bond acceptors (Lipinski definition) is 5. The third kappa shape index (κ3) is 4.23. The molecule has 2 rings (SSSR count). The molecule has 2 amide bonds. The Hall–Kier alpha value is -2.61. The number of nitrogens with one attached hydrogen (secondary N) is 1. The molecule has 7 nitrogen and oxygen atoms in total. The lowest BCUT2D eigenvalue weighted by atomic mass is 10.2. The zero-order valence-electron chi connectivity index (χ0n) is 13.7. The molecular formula is C16H19N3O4S. The highest BCUT2D eigenvalue weighted by Crippen LogP contribution is 2.17. The van der Waals surface area contributed by atoms with E-state index in [9.17, 15) is 14.4 Å². The van der Waals surface area contributed by atoms with Crippen LogP contribution in [0.4, 0.5) is 16.2 Å². The molecule has 24 heavy (non-hydrogen) atoms. The molecule has 0 saturated carbocycles. The zero-order chi connectivity index (χ0) is 17.7. The number of amides is 2. The number of ether oxygens (including phenoxy) is 1. The number of hydrogen-bond donors (Lipinski definition) is 1. The number of nitrogens with zero attached hydrogens (tertiary/aromatic N) is 2. The van der Waals surface area contributed by atoms with E-state index < -0.39 is 6.09 Å². The molecule has 1 aromatic heterocycles. The van der Waals surface area contributed by atoms with Crippen LogP contribution in [0.1, 0.15) is 12.6 Å². The third-order valence-corrected chi connectivity index (χ3v) is 4.24. The Morgan fingerprint density at radius 3 is 2.50 bits per heavy atom. The molecule has 1 N–H and O–H groups in total. The maximum atomic E-state index is 12.0. The molecule has 128 valence electrons. The molecule has 0 atom stereocenters. The van der Waals surface area contributed by atoms with Crippen LogP contribution in [-0.2, 0) is 16.1 Å². The average Bonchev–Trinajstić information content (AvgIpc) is 2.87. The molecule has 0 radical (unpaired) electrons. The predicted molar refractivity (Wildman–Crippen MR) is 93.8 cm³/mol. The van der Waals surface area contributed by atoms with Crippen LogP contribution >= 0.6 is 11.3 Å². The smallest absolute Gasteiger partial charge is 0.413 e. The third-order valence-electron chi connectivity index (χ3n) is 3.36. The van der Waals surface area contributed by atoms with Crippen molar-refractivity contribution in [3.8, 4) is 0 Å². The van der Waals surface area contributed by atoms with E-state index in [1.165, 1.54) is 9.47 Å². The summed E-state index contributed by atoms with van der Waals surface area (Å²) in [5.74, 6) is -0.287. The van der Waals surface area contributed by atoms with Crippen LogP contribution in [0.2, 0.25) is 0 Å². The van der Waals surface area contributed by atoms with Crippen LogP contribution in [0.15, 0.2) is 34.4 Å². The highest BCUT2D eigenvalue weighted by Gasteiger charge is 2.12. The monoisotopic (exact) mass is 349 g/mol. The van der Waals surface area contributed by atoms with Gasteiger partial charge < -0.3 is 10.1 Å². The van der Waals surface area contributed by atoms with Crippen LogP contribution in [-0.4, -0.2) is 30.2 Å². The van der Waals surface area contributed by atoms with Gasteiger partial charge in [-0.3, -0.25) is 19.1 Å². The molecular weight excluding hydrogens is 330 g/mol. The second kappa shape index (κ2) is 7.78. The van der Waals surface area contributed by atoms with Gasteiger partial charge in [0.25, 0.3) is 0 Å². The fourth-order valence-corrected chi connectivity index (χ4v) is 2.77. The van der Waals surface area contributed by atoms with E-state index in [1.54, 1.807) is 50.5 Å². The number of rotatable bonds is 5. The number of benzene rings is 1. The van der Waals surface area contributed by atoms with Gasteiger partial charge in [0.05, 0.1) is 6.61 Å². The summed E-state index contributed by atoms with van der Waals surface area (Å²) in [5.41, 5.74) is 1.99. The maximum absolute atomic E-state index is 12.0. The summed E-state index contributed by atoms with van der Waals surface area (Å²) in [7, 11) is 1.61. The van der Waals surface area contributed by atoms with Gasteiger partial charge in [0.1, 0.15) is 6.54 Å². The first-order valence-electron chi connectivity index (χ1n) is 7.37. The molecule has 0 aliphatic carbocycles. The van der Waals surface area contributed by atoms with Crippen molar-refractivity contribution in [2.45, 2.75) is 20.4 Å². The molecule has 0 saturated heterocycles. The van der Waals surface area contributed by atoms with Crippen molar-refractivity contribution < 1.29 is 14.3 Å². The molecule has 2 aromatic rings. The first-order valence-corrected chi connectivity index (χ1v) is 8.25. The van der Waals surface area contributed by atoms with Gasteiger partial charge in [-0.25, -0.2) is 4.79 Å². The van der Waals surface area contributed by atoms with E-state index in [0.717, 1.165) is 17.0 Å². The Kier molecular flexibility index (Phi) is 5.75. The number of carbonyl (C=O) groups is 2. The van der Waals surface area contributed by atoms with E-state index in [2.05, 4.69) is 5.32 Å². The lowest BCUT2D eigenvalue weighted by molar-refractivity contribution is -0.116. The molecule has 0 unspecified atom stereocenters. The van der Waals surface area contributed by atoms with Crippen molar-refractivity contribution in [2.75, 3.05) is 23.9 Å². The van der Waals surface area contributed by atoms with Gasteiger partial charge in [-0.2, -0.15) is 0 Å². The van der Waals surface area contributed by atoms with Gasteiger partial charge in [0, 0.05) is 29.5 Å². The minimum atomic E-state index is -0.443. The first kappa shape index (κ1) is 17.7. The van der Waals surface area contributed by atoms with Crippen LogP contribution < -0.4 is 15.1 Å². The van der Waals surface area contributed by atoms with Gasteiger partial charge in [0.15, 0.2) is 0 Å². The fraction of sp³-hybridized carbons (Fsp3) is 0.312. The molecule has 0 aliphatic heterocycles. The summed E-state index contributed by atoms with van der Waals surface area (Å²) < 4.78 is 6.34. The van der Waals surface area contributed by atoms with Crippen molar-refractivity contribution in [1.82, 2.24) is 4.57 Å². The SMILES string of the molecule is CCOC(=O)N(C)c1ccc(NC(=O)Cn2c(C)csc2=O)cc1. The topological polar surface area (TPSA) is 80.6 Å². The van der Waals surface area contributed by atoms with Crippen LogP contribution in [0.3, 0.4) is 0 Å². The van der Waals surface area contributed by atoms with Crippen molar-refractivity contribution in [1.29, 1.82) is 0 Å². The van der Waals surface area contributed by atoms with Crippen LogP contribution in [0.5, 0.6) is 0 Å². The quantitative estimate of drug-likeness (QED) is 0.899. The predicted octanol–water partition coefficient (Wildman–Crippen LogP) is 2.45. The highest BCUT2D eigenvalue weighted by atomic mass is 32.1. The average molecular weight is 349 g/mol. The summed E-state index contributed by atoms with van der Waals surface area (Å²) >= 11 is 1.07. The van der Waals surface area contributed by atoms with E-state index in [0.29, 0.717) is 18.0 Å². The molecule has 1 heterocycles. The van der Waals surface area contributed by atoms with Crippen molar-refractivity contribution in [3.63, 3.8) is 0 Å². The minimum Gasteiger partial charge on any atom is -0.449 e. The van der Waals surface area contributed by atoms with Crippen LogP contribution in [0, 0.1) is 6.92 Å². The van der Waals surface area contributed by atoms with Crippen LogP contribution in [0.25, 0.3) is 0 Å². The summed E-state index contributed by atoms with van der Waals surface area (Å²) in [6.45, 7) is 3.80. The highest BCUT2D eigenvalue weighted by molar-refractivity contribution is 7.07. The van der Waals surface area contributed by atoms with E-state index in [-0.39, 0.29) is 17.3 Å². The van der Waals surface area contributed by atoms with E-state index >= 15 is 0 Å². The van der Waals surface area contributed by atoms with E-state index in [1.807, 2.05) is 0 Å². The summed E-state index contributed by atoms with van der Waals surface area (Å²) in [6, 6.07) is 6.78. The largest absolute Gasteiger partial charge is 0.449 e. The van der Waals surface area contributed by atoms with Gasteiger partial charge in [-0.15, -0.1) is 0 Å². The number of aromatic nitrogens is 1. The molecule has 0 fully saturated rings. The van der Waals surface area contributed by atoms with Gasteiger partial charge in [-0.05, 0) is 38.1 Å². The lowest BCUT2D eigenvalue weighted by Crippen LogP contribution is -2.27. The Bertz CT molecular complexity index is 779. The molecule has 0 spiro atoms. The Morgan fingerprint density at radius 1 is 1.29 bits per heavy atom. The van der Waals surface area contributed by atoms with Crippen molar-refractivity contribution >= 4 is 34.7 Å². The van der Waals surface area contributed by atoms with Gasteiger partial charge >= 0.3 is 11.0 Å². The number of anilines is 2. The zero-order valence-corrected chi connectivity index (χ0v) is 14.6. The molecule has 1 aromatic carbocycles. The Morgan fingerprint density at radius 2 is 1.96 bits per heavy atom. The summed E-state index contributed by atoms with van der Waals surface area (Å²) in [4.78, 5) is 36.5. The molecule has 0 aliphatic rings. The standard InChI is InChI=1S/C16H19N3O4S/c1-4-23-15(21)18(3)13-7-5-12(6-8-13)17-14(20)9-19-11(2)10-24-16(19)22/h5-8,10H,4,9H2,1-3H3,(H,17,20). The number of aryl methyl sites for hydroxylation is 1. The van der Waals surface area contributed by atoms with E-state index in [4.69, 9.17) is 4.74 Å². The van der Waals surface area contributed by atoms with Crippen molar-refractivity contribution in [2.24, 2.45) is 0 Å². The van der Waals surface area contributed by atoms with Gasteiger partial charge in [-0.1, -0.05) is 11.3 Å². The minimum absolute atomic E-state index is 0.0291. The normalized spacial score (nSPS) is 10.3. The molecule has 8 heteroatoms. The summed E-state index contributed by atoms with van der Waals surface area (Å²) in [5, 5.41) is 4.44. The molecule has 0 bridgehead atoms. The Balaban J connectivity index is 2.00. The van der Waals surface area contributed by atoms with Gasteiger partial charge in [0.2, 0.25) is 5.91 Å². The maximum Gasteiger partial charge on any atom is 0.413 e. The number of thiazole rings is 1. The number of carbonyl (C=O) groups excluding carboxylic acids is 2. The second-order valence-electron chi connectivity index (χ2n) is 5.08.